The van der Waals surface area contributed by atoms with Crippen LogP contribution in [0.5, 0.6) is 0 Å². The number of primary amides is 1. The van der Waals surface area contributed by atoms with Crippen molar-refractivity contribution in [1.29, 1.82) is 0 Å². The highest BCUT2D eigenvalue weighted by molar-refractivity contribution is 5.84. The Kier molecular flexibility index (Phi) is 6.46. The highest BCUT2D eigenvalue weighted by atomic mass is 16.1. The van der Waals surface area contributed by atoms with Gasteiger partial charge in [0.05, 0.1) is 5.54 Å². The molecule has 0 bridgehead atoms. The Bertz CT molecular complexity index is 303. The summed E-state index contributed by atoms with van der Waals surface area (Å²) >= 11 is 0. The second-order valence-corrected chi connectivity index (χ2v) is 7.41. The van der Waals surface area contributed by atoms with Gasteiger partial charge in [0.15, 0.2) is 0 Å². The molecule has 1 aliphatic carbocycles. The lowest BCUT2D eigenvalue weighted by atomic mass is 9.95. The van der Waals surface area contributed by atoms with Crippen LogP contribution in [0.1, 0.15) is 53.9 Å². The van der Waals surface area contributed by atoms with Gasteiger partial charge in [-0.2, -0.15) is 0 Å². The molecule has 1 fully saturated rings. The zero-order valence-corrected chi connectivity index (χ0v) is 13.9. The molecular formula is C16H33N3O. The van der Waals surface area contributed by atoms with Crippen LogP contribution in [0.15, 0.2) is 0 Å². The molecule has 0 saturated heterocycles. The first-order valence-electron chi connectivity index (χ1n) is 8.03. The second kappa shape index (κ2) is 7.41. The number of rotatable bonds is 10. The third-order valence-corrected chi connectivity index (χ3v) is 3.82. The molecule has 0 spiro atoms. The van der Waals surface area contributed by atoms with Crippen molar-refractivity contribution in [3.63, 3.8) is 0 Å². The van der Waals surface area contributed by atoms with Gasteiger partial charge in [0.25, 0.3) is 0 Å². The molecule has 1 unspecified atom stereocenters. The standard InChI is InChI=1S/C16H33N3O/c1-12(2)10-19(11-13(3)4)9-8-16(5,15(17)20)18-14-6-7-14/h12-14,18H,6-11H2,1-5H3,(H2,17,20). The summed E-state index contributed by atoms with van der Waals surface area (Å²) in [6.45, 7) is 14.0. The van der Waals surface area contributed by atoms with Crippen LogP contribution in [0.3, 0.4) is 0 Å². The van der Waals surface area contributed by atoms with Crippen LogP contribution in [-0.4, -0.2) is 42.0 Å². The molecule has 118 valence electrons. The molecule has 4 nitrogen and oxygen atoms in total. The fourth-order valence-corrected chi connectivity index (χ4v) is 2.62. The van der Waals surface area contributed by atoms with Gasteiger partial charge in [0.1, 0.15) is 0 Å². The molecule has 1 aliphatic rings. The maximum Gasteiger partial charge on any atom is 0.237 e. The Balaban J connectivity index is 2.54. The summed E-state index contributed by atoms with van der Waals surface area (Å²) in [7, 11) is 0. The molecule has 0 aromatic rings. The lowest BCUT2D eigenvalue weighted by Gasteiger charge is -2.32. The van der Waals surface area contributed by atoms with E-state index in [4.69, 9.17) is 5.73 Å². The zero-order chi connectivity index (χ0) is 15.3. The third kappa shape index (κ3) is 6.23. The maximum atomic E-state index is 11.8. The minimum Gasteiger partial charge on any atom is -0.368 e. The van der Waals surface area contributed by atoms with Gasteiger partial charge in [0.2, 0.25) is 5.91 Å². The van der Waals surface area contributed by atoms with Crippen molar-refractivity contribution in [1.82, 2.24) is 10.2 Å². The lowest BCUT2D eigenvalue weighted by molar-refractivity contribution is -0.124. The summed E-state index contributed by atoms with van der Waals surface area (Å²) in [5.41, 5.74) is 5.05. The highest BCUT2D eigenvalue weighted by Gasteiger charge is 2.37. The lowest BCUT2D eigenvalue weighted by Crippen LogP contribution is -2.55. The van der Waals surface area contributed by atoms with E-state index in [1.807, 2.05) is 6.92 Å². The van der Waals surface area contributed by atoms with Crippen molar-refractivity contribution in [2.45, 2.75) is 65.5 Å². The normalized spacial score (nSPS) is 18.8. The van der Waals surface area contributed by atoms with Crippen molar-refractivity contribution in [2.24, 2.45) is 17.6 Å². The summed E-state index contributed by atoms with van der Waals surface area (Å²) in [5, 5.41) is 3.43. The van der Waals surface area contributed by atoms with E-state index in [-0.39, 0.29) is 5.91 Å². The zero-order valence-electron chi connectivity index (χ0n) is 13.9. The smallest absolute Gasteiger partial charge is 0.237 e. The van der Waals surface area contributed by atoms with Crippen LogP contribution in [-0.2, 0) is 4.79 Å². The van der Waals surface area contributed by atoms with Gasteiger partial charge in [-0.15, -0.1) is 0 Å². The number of carbonyl (C=O) groups is 1. The van der Waals surface area contributed by atoms with Gasteiger partial charge in [-0.1, -0.05) is 27.7 Å². The van der Waals surface area contributed by atoms with E-state index in [2.05, 4.69) is 37.9 Å². The largest absolute Gasteiger partial charge is 0.368 e. The van der Waals surface area contributed by atoms with Gasteiger partial charge >= 0.3 is 0 Å². The van der Waals surface area contributed by atoms with Crippen LogP contribution in [0.2, 0.25) is 0 Å². The average molecular weight is 283 g/mol. The minimum atomic E-state index is -0.562. The summed E-state index contributed by atoms with van der Waals surface area (Å²) in [6, 6.07) is 0.496. The molecule has 1 amide bonds. The average Bonchev–Trinajstić information content (AvgIpc) is 3.08. The van der Waals surface area contributed by atoms with Crippen molar-refractivity contribution in [3.8, 4) is 0 Å². The summed E-state index contributed by atoms with van der Waals surface area (Å²) in [6.07, 6.45) is 3.13. The first kappa shape index (κ1) is 17.4. The number of nitrogens with two attached hydrogens (primary N) is 1. The van der Waals surface area contributed by atoms with Gasteiger partial charge < -0.3 is 16.0 Å². The summed E-state index contributed by atoms with van der Waals surface area (Å²) in [4.78, 5) is 14.2. The first-order valence-corrected chi connectivity index (χ1v) is 8.03. The van der Waals surface area contributed by atoms with Gasteiger partial charge in [0, 0.05) is 25.7 Å². The van der Waals surface area contributed by atoms with E-state index in [0.717, 1.165) is 26.1 Å². The molecule has 3 N–H and O–H groups in total. The van der Waals surface area contributed by atoms with E-state index in [1.165, 1.54) is 12.8 Å². The third-order valence-electron chi connectivity index (χ3n) is 3.82. The molecule has 0 aromatic carbocycles. The number of carbonyl (C=O) groups excluding carboxylic acids is 1. The Morgan fingerprint density at radius 3 is 2.10 bits per heavy atom. The van der Waals surface area contributed by atoms with Crippen LogP contribution in [0.25, 0.3) is 0 Å². The topological polar surface area (TPSA) is 58.4 Å². The maximum absolute atomic E-state index is 11.8. The number of hydrogen-bond donors (Lipinski definition) is 2. The monoisotopic (exact) mass is 283 g/mol. The number of nitrogens with zero attached hydrogens (tertiary/aromatic N) is 1. The minimum absolute atomic E-state index is 0.224. The number of amides is 1. The molecule has 1 rings (SSSR count). The van der Waals surface area contributed by atoms with Crippen molar-refractivity contribution < 1.29 is 4.79 Å². The predicted octanol–water partition coefficient (Wildman–Crippen LogP) is 1.99. The summed E-state index contributed by atoms with van der Waals surface area (Å²) < 4.78 is 0. The van der Waals surface area contributed by atoms with Crippen LogP contribution in [0.4, 0.5) is 0 Å². The molecular weight excluding hydrogens is 250 g/mol. The van der Waals surface area contributed by atoms with Crippen LogP contribution >= 0.6 is 0 Å². The van der Waals surface area contributed by atoms with E-state index >= 15 is 0 Å². The molecule has 1 saturated carbocycles. The SMILES string of the molecule is CC(C)CN(CCC(C)(NC1CC1)C(N)=O)CC(C)C. The Hall–Kier alpha value is -0.610. The number of nitrogens with one attached hydrogen (secondary N) is 1. The fraction of sp³-hybridized carbons (Fsp3) is 0.938. The molecule has 1 atom stereocenters. The quantitative estimate of drug-likeness (QED) is 0.644. The molecule has 0 heterocycles. The van der Waals surface area contributed by atoms with E-state index in [1.54, 1.807) is 0 Å². The predicted molar refractivity (Wildman–Crippen MR) is 84.5 cm³/mol. The highest BCUT2D eigenvalue weighted by Crippen LogP contribution is 2.24. The fourth-order valence-electron chi connectivity index (χ4n) is 2.62. The van der Waals surface area contributed by atoms with E-state index in [0.29, 0.717) is 17.9 Å². The Labute approximate surface area is 124 Å². The van der Waals surface area contributed by atoms with Crippen molar-refractivity contribution in [2.75, 3.05) is 19.6 Å². The summed E-state index contributed by atoms with van der Waals surface area (Å²) in [5.74, 6) is 1.06. The number of hydrogen-bond acceptors (Lipinski definition) is 3. The van der Waals surface area contributed by atoms with Crippen molar-refractivity contribution >= 4 is 5.91 Å². The van der Waals surface area contributed by atoms with Crippen molar-refractivity contribution in [3.05, 3.63) is 0 Å². The molecule has 0 radical (unpaired) electrons. The van der Waals surface area contributed by atoms with Gasteiger partial charge in [-0.3, -0.25) is 4.79 Å². The van der Waals surface area contributed by atoms with Gasteiger partial charge in [-0.05, 0) is 38.0 Å². The van der Waals surface area contributed by atoms with E-state index < -0.39 is 5.54 Å². The van der Waals surface area contributed by atoms with E-state index in [9.17, 15) is 4.79 Å². The molecule has 20 heavy (non-hydrogen) atoms. The Morgan fingerprint density at radius 1 is 1.25 bits per heavy atom. The Morgan fingerprint density at radius 2 is 1.75 bits per heavy atom. The molecule has 0 aromatic heterocycles. The second-order valence-electron chi connectivity index (χ2n) is 7.41. The van der Waals surface area contributed by atoms with Gasteiger partial charge in [-0.25, -0.2) is 0 Å². The van der Waals surface area contributed by atoms with Crippen LogP contribution in [0, 0.1) is 11.8 Å². The molecule has 4 heteroatoms. The first-order chi connectivity index (χ1) is 9.23. The molecule has 0 aliphatic heterocycles. The van der Waals surface area contributed by atoms with Crippen LogP contribution < -0.4 is 11.1 Å².